The van der Waals surface area contributed by atoms with Gasteiger partial charge in [0.25, 0.3) is 0 Å². The maximum absolute atomic E-state index is 12.7. The third kappa shape index (κ3) is 4.44. The minimum Gasteiger partial charge on any atom is -0.331 e. The maximum atomic E-state index is 12.7. The number of thiocarbonyl (C=S) groups is 1. The Morgan fingerprint density at radius 3 is 2.40 bits per heavy atom. The van der Waals surface area contributed by atoms with Crippen molar-refractivity contribution in [1.29, 1.82) is 0 Å². The van der Waals surface area contributed by atoms with Crippen LogP contribution in [-0.4, -0.2) is 11.3 Å². The first-order valence-electron chi connectivity index (χ1n) is 6.06. The topological polar surface area (TPSA) is 36.4 Å². The fraction of sp³-hybridized carbons (Fsp3) is 0.0667. The van der Waals surface area contributed by atoms with Gasteiger partial charge in [-0.3, -0.25) is 5.43 Å². The number of rotatable bonds is 3. The Morgan fingerprint density at radius 1 is 1.10 bits per heavy atom. The molecule has 102 valence electrons. The van der Waals surface area contributed by atoms with Crippen molar-refractivity contribution in [2.45, 2.75) is 6.92 Å². The first-order valence-corrected chi connectivity index (χ1v) is 6.46. The van der Waals surface area contributed by atoms with Gasteiger partial charge in [0, 0.05) is 5.69 Å². The largest absolute Gasteiger partial charge is 0.331 e. The number of aryl methyl sites for hydroxylation is 1. The molecule has 0 bridgehead atoms. The number of anilines is 1. The van der Waals surface area contributed by atoms with Gasteiger partial charge < -0.3 is 5.32 Å². The van der Waals surface area contributed by atoms with Gasteiger partial charge in [0.05, 0.1) is 6.21 Å². The molecule has 0 radical (unpaired) electrons. The minimum atomic E-state index is -0.272. The predicted octanol–water partition coefficient (Wildman–Crippen LogP) is 3.45. The zero-order chi connectivity index (χ0) is 14.4. The van der Waals surface area contributed by atoms with Crippen LogP contribution in [0.25, 0.3) is 0 Å². The lowest BCUT2D eigenvalue weighted by molar-refractivity contribution is 0.628. The van der Waals surface area contributed by atoms with Gasteiger partial charge in [0.15, 0.2) is 5.11 Å². The first kappa shape index (κ1) is 14.1. The number of nitrogens with one attached hydrogen (secondary N) is 2. The molecule has 0 amide bonds. The van der Waals surface area contributed by atoms with Crippen LogP contribution in [0.4, 0.5) is 10.1 Å². The Kier molecular flexibility index (Phi) is 4.79. The monoisotopic (exact) mass is 287 g/mol. The summed E-state index contributed by atoms with van der Waals surface area (Å²) in [6.07, 6.45) is 1.57. The highest BCUT2D eigenvalue weighted by atomic mass is 32.1. The van der Waals surface area contributed by atoms with E-state index in [4.69, 9.17) is 12.2 Å². The molecule has 2 rings (SSSR count). The summed E-state index contributed by atoms with van der Waals surface area (Å²) in [5.41, 5.74) is 5.57. The van der Waals surface area contributed by atoms with Crippen molar-refractivity contribution in [3.63, 3.8) is 0 Å². The quantitative estimate of drug-likeness (QED) is 0.516. The van der Waals surface area contributed by atoms with Crippen LogP contribution in [0.15, 0.2) is 53.6 Å². The van der Waals surface area contributed by atoms with Crippen LogP contribution in [-0.2, 0) is 0 Å². The van der Waals surface area contributed by atoms with E-state index in [1.54, 1.807) is 18.3 Å². The fourth-order valence-electron chi connectivity index (χ4n) is 1.51. The molecule has 3 nitrogen and oxygen atoms in total. The Balaban J connectivity index is 1.85. The van der Waals surface area contributed by atoms with E-state index >= 15 is 0 Å². The van der Waals surface area contributed by atoms with Gasteiger partial charge in [-0.2, -0.15) is 5.10 Å². The first-order chi connectivity index (χ1) is 9.63. The van der Waals surface area contributed by atoms with Crippen molar-refractivity contribution in [1.82, 2.24) is 5.43 Å². The van der Waals surface area contributed by atoms with E-state index in [-0.39, 0.29) is 5.82 Å². The molecule has 0 aliphatic heterocycles. The SMILES string of the molecule is Cc1ccc(NC(=S)NN=Cc2ccc(F)cc2)cc1. The predicted molar refractivity (Wildman–Crippen MR) is 84.5 cm³/mol. The summed E-state index contributed by atoms with van der Waals surface area (Å²) >= 11 is 5.11. The maximum Gasteiger partial charge on any atom is 0.191 e. The van der Waals surface area contributed by atoms with Gasteiger partial charge >= 0.3 is 0 Å². The molecule has 2 aromatic rings. The van der Waals surface area contributed by atoms with Gasteiger partial charge in [0.1, 0.15) is 5.82 Å². The van der Waals surface area contributed by atoms with Gasteiger partial charge in [-0.15, -0.1) is 0 Å². The number of nitrogens with zero attached hydrogens (tertiary/aromatic N) is 1. The van der Waals surface area contributed by atoms with Crippen molar-refractivity contribution >= 4 is 29.2 Å². The minimum absolute atomic E-state index is 0.272. The van der Waals surface area contributed by atoms with Crippen LogP contribution >= 0.6 is 12.2 Å². The molecule has 0 saturated carbocycles. The second-order valence-electron chi connectivity index (χ2n) is 4.24. The van der Waals surface area contributed by atoms with Gasteiger partial charge in [0.2, 0.25) is 0 Å². The molecule has 0 saturated heterocycles. The Bertz CT molecular complexity index is 606. The van der Waals surface area contributed by atoms with Crippen LogP contribution < -0.4 is 10.7 Å². The molecule has 0 aliphatic carbocycles. The van der Waals surface area contributed by atoms with Gasteiger partial charge in [-0.25, -0.2) is 4.39 Å². The lowest BCUT2D eigenvalue weighted by Gasteiger charge is -2.06. The average Bonchev–Trinajstić information content (AvgIpc) is 2.44. The van der Waals surface area contributed by atoms with E-state index in [2.05, 4.69) is 15.8 Å². The summed E-state index contributed by atoms with van der Waals surface area (Å²) in [5.74, 6) is -0.272. The zero-order valence-corrected chi connectivity index (χ0v) is 11.7. The Hall–Kier alpha value is -2.27. The van der Waals surface area contributed by atoms with Crippen molar-refractivity contribution in [3.8, 4) is 0 Å². The number of hydrazone groups is 1. The summed E-state index contributed by atoms with van der Waals surface area (Å²) in [7, 11) is 0. The molecule has 20 heavy (non-hydrogen) atoms. The normalized spacial score (nSPS) is 10.5. The lowest BCUT2D eigenvalue weighted by Crippen LogP contribution is -2.23. The van der Waals surface area contributed by atoms with E-state index in [0.29, 0.717) is 5.11 Å². The summed E-state index contributed by atoms with van der Waals surface area (Å²) in [6.45, 7) is 2.02. The summed E-state index contributed by atoms with van der Waals surface area (Å²) in [6, 6.07) is 13.9. The highest BCUT2D eigenvalue weighted by molar-refractivity contribution is 7.80. The molecule has 0 heterocycles. The van der Waals surface area contributed by atoms with E-state index in [9.17, 15) is 4.39 Å². The van der Waals surface area contributed by atoms with Crippen molar-refractivity contribution in [3.05, 3.63) is 65.5 Å². The van der Waals surface area contributed by atoms with Crippen molar-refractivity contribution in [2.24, 2.45) is 5.10 Å². The smallest absolute Gasteiger partial charge is 0.191 e. The molecule has 2 aromatic carbocycles. The van der Waals surface area contributed by atoms with Crippen LogP contribution in [0.2, 0.25) is 0 Å². The van der Waals surface area contributed by atoms with Crippen LogP contribution in [0.3, 0.4) is 0 Å². The Labute approximate surface area is 122 Å². The molecule has 0 atom stereocenters. The molecule has 0 spiro atoms. The summed E-state index contributed by atoms with van der Waals surface area (Å²) in [4.78, 5) is 0. The zero-order valence-electron chi connectivity index (χ0n) is 10.9. The third-order valence-corrected chi connectivity index (χ3v) is 2.75. The molecular weight excluding hydrogens is 273 g/mol. The molecule has 0 aromatic heterocycles. The van der Waals surface area contributed by atoms with Crippen LogP contribution in [0.5, 0.6) is 0 Å². The van der Waals surface area contributed by atoms with Crippen molar-refractivity contribution in [2.75, 3.05) is 5.32 Å². The lowest BCUT2D eigenvalue weighted by atomic mass is 10.2. The van der Waals surface area contributed by atoms with Gasteiger partial charge in [-0.1, -0.05) is 29.8 Å². The van der Waals surface area contributed by atoms with Crippen LogP contribution in [0, 0.1) is 12.7 Å². The molecular formula is C15H14FN3S. The molecule has 2 N–H and O–H groups in total. The van der Waals surface area contributed by atoms with E-state index in [1.165, 1.54) is 17.7 Å². The van der Waals surface area contributed by atoms with Crippen LogP contribution in [0.1, 0.15) is 11.1 Å². The van der Waals surface area contributed by atoms with Crippen molar-refractivity contribution < 1.29 is 4.39 Å². The number of hydrogen-bond acceptors (Lipinski definition) is 2. The van der Waals surface area contributed by atoms with E-state index in [0.717, 1.165) is 11.3 Å². The van der Waals surface area contributed by atoms with E-state index in [1.807, 2.05) is 31.2 Å². The molecule has 0 fully saturated rings. The second-order valence-corrected chi connectivity index (χ2v) is 4.65. The number of hydrogen-bond donors (Lipinski definition) is 2. The average molecular weight is 287 g/mol. The third-order valence-electron chi connectivity index (χ3n) is 2.56. The second kappa shape index (κ2) is 6.77. The molecule has 0 aliphatic rings. The highest BCUT2D eigenvalue weighted by Gasteiger charge is 1.95. The molecule has 5 heteroatoms. The number of benzene rings is 2. The molecule has 0 unspecified atom stereocenters. The highest BCUT2D eigenvalue weighted by Crippen LogP contribution is 2.08. The Morgan fingerprint density at radius 2 is 1.75 bits per heavy atom. The van der Waals surface area contributed by atoms with E-state index < -0.39 is 0 Å². The summed E-state index contributed by atoms with van der Waals surface area (Å²) < 4.78 is 12.7. The standard InChI is InChI=1S/C15H14FN3S/c1-11-2-8-14(9-3-11)18-15(20)19-17-10-12-4-6-13(16)7-5-12/h2-10H,1H3,(H2,18,19,20). The van der Waals surface area contributed by atoms with Gasteiger partial charge in [-0.05, 0) is 49.0 Å². The fourth-order valence-corrected chi connectivity index (χ4v) is 1.68. The number of halogens is 1. The summed E-state index contributed by atoms with van der Waals surface area (Å²) in [5, 5.41) is 7.39.